The lowest BCUT2D eigenvalue weighted by Gasteiger charge is -2.07. The fraction of sp³-hybridized carbons (Fsp3) is 0.167. The smallest absolute Gasteiger partial charge is 0.347 e. The van der Waals surface area contributed by atoms with Crippen LogP contribution < -0.4 is 15.1 Å². The molecule has 0 aliphatic carbocycles. The molecule has 0 spiro atoms. The fourth-order valence-electron chi connectivity index (χ4n) is 1.54. The van der Waals surface area contributed by atoms with Crippen LogP contribution in [0.5, 0.6) is 11.5 Å². The highest BCUT2D eigenvalue weighted by atomic mass is 16.5. The minimum Gasteiger partial charge on any atom is -0.497 e. The van der Waals surface area contributed by atoms with Crippen LogP contribution in [0.25, 0.3) is 11.0 Å². The molecule has 0 aliphatic heterocycles. The van der Waals surface area contributed by atoms with E-state index >= 15 is 0 Å². The topological polar surface area (TPSA) is 65.7 Å². The quantitative estimate of drug-likeness (QED) is 0.596. The Balaban J connectivity index is 2.84. The largest absolute Gasteiger partial charge is 0.497 e. The van der Waals surface area contributed by atoms with E-state index in [-0.39, 0.29) is 5.56 Å². The van der Waals surface area contributed by atoms with Gasteiger partial charge in [-0.1, -0.05) is 0 Å². The third-order valence-corrected chi connectivity index (χ3v) is 2.38. The van der Waals surface area contributed by atoms with E-state index in [1.54, 1.807) is 12.1 Å². The Morgan fingerprint density at radius 1 is 1.18 bits per heavy atom. The highest BCUT2D eigenvalue weighted by Gasteiger charge is 2.11. The molecule has 0 radical (unpaired) electrons. The molecule has 0 unspecified atom stereocenters. The van der Waals surface area contributed by atoms with Gasteiger partial charge in [0.1, 0.15) is 11.3 Å². The molecule has 17 heavy (non-hydrogen) atoms. The van der Waals surface area contributed by atoms with Crippen molar-refractivity contribution in [2.45, 2.75) is 0 Å². The summed E-state index contributed by atoms with van der Waals surface area (Å²) in [7, 11) is 2.97. The van der Waals surface area contributed by atoms with Crippen LogP contribution >= 0.6 is 0 Å². The molecule has 5 nitrogen and oxygen atoms in total. The standard InChI is InChI=1S/C12H10O5/c1-15-9-4-7-3-8(6-13)12(14)17-11(7)10(5-9)16-2/h3-6H,1-2H3. The third-order valence-electron chi connectivity index (χ3n) is 2.38. The fourth-order valence-corrected chi connectivity index (χ4v) is 1.54. The van der Waals surface area contributed by atoms with Crippen molar-refractivity contribution in [3.05, 3.63) is 34.2 Å². The summed E-state index contributed by atoms with van der Waals surface area (Å²) in [5.74, 6) is 0.939. The van der Waals surface area contributed by atoms with Gasteiger partial charge in [0, 0.05) is 11.5 Å². The van der Waals surface area contributed by atoms with Crippen LogP contribution in [0.15, 0.2) is 27.4 Å². The zero-order chi connectivity index (χ0) is 12.4. The maximum absolute atomic E-state index is 11.4. The first-order chi connectivity index (χ1) is 8.19. The van der Waals surface area contributed by atoms with Crippen molar-refractivity contribution in [1.82, 2.24) is 0 Å². The van der Waals surface area contributed by atoms with E-state index in [4.69, 9.17) is 13.9 Å². The molecular formula is C12H10O5. The molecule has 0 fully saturated rings. The van der Waals surface area contributed by atoms with E-state index in [0.29, 0.717) is 28.8 Å². The van der Waals surface area contributed by atoms with Gasteiger partial charge in [0.05, 0.1) is 14.2 Å². The molecular weight excluding hydrogens is 224 g/mol. The normalized spacial score (nSPS) is 10.2. The Labute approximate surface area is 96.6 Å². The molecule has 0 amide bonds. The monoisotopic (exact) mass is 234 g/mol. The van der Waals surface area contributed by atoms with Crippen LogP contribution in [0.2, 0.25) is 0 Å². The highest BCUT2D eigenvalue weighted by molar-refractivity contribution is 5.88. The first-order valence-electron chi connectivity index (χ1n) is 4.84. The van der Waals surface area contributed by atoms with E-state index in [9.17, 15) is 9.59 Å². The van der Waals surface area contributed by atoms with E-state index in [0.717, 1.165) is 0 Å². The van der Waals surface area contributed by atoms with Crippen LogP contribution in [0.4, 0.5) is 0 Å². The summed E-state index contributed by atoms with van der Waals surface area (Å²) in [4.78, 5) is 22.1. The highest BCUT2D eigenvalue weighted by Crippen LogP contribution is 2.30. The number of fused-ring (bicyclic) bond motifs is 1. The van der Waals surface area contributed by atoms with Crippen LogP contribution in [0.3, 0.4) is 0 Å². The summed E-state index contributed by atoms with van der Waals surface area (Å²) in [6, 6.07) is 4.71. The summed E-state index contributed by atoms with van der Waals surface area (Å²) < 4.78 is 15.2. The summed E-state index contributed by atoms with van der Waals surface area (Å²) in [6.45, 7) is 0. The van der Waals surface area contributed by atoms with Gasteiger partial charge in [-0.2, -0.15) is 0 Å². The predicted molar refractivity (Wildman–Crippen MR) is 61.0 cm³/mol. The third kappa shape index (κ3) is 1.87. The molecule has 2 aromatic rings. The van der Waals surface area contributed by atoms with Crippen molar-refractivity contribution in [1.29, 1.82) is 0 Å². The number of hydrogen-bond donors (Lipinski definition) is 0. The molecule has 0 saturated heterocycles. The number of carbonyl (C=O) groups is 1. The first-order valence-corrected chi connectivity index (χ1v) is 4.84. The summed E-state index contributed by atoms with van der Waals surface area (Å²) in [5, 5.41) is 0.572. The number of methoxy groups -OCH3 is 2. The zero-order valence-corrected chi connectivity index (χ0v) is 9.35. The molecule has 5 heteroatoms. The van der Waals surface area contributed by atoms with Crippen LogP contribution in [0.1, 0.15) is 10.4 Å². The summed E-state index contributed by atoms with van der Waals surface area (Å²) >= 11 is 0. The van der Waals surface area contributed by atoms with Crippen LogP contribution in [-0.4, -0.2) is 20.5 Å². The van der Waals surface area contributed by atoms with Crippen molar-refractivity contribution >= 4 is 17.3 Å². The molecule has 1 heterocycles. The van der Waals surface area contributed by atoms with Crippen molar-refractivity contribution < 1.29 is 18.7 Å². The zero-order valence-electron chi connectivity index (χ0n) is 9.35. The maximum atomic E-state index is 11.4. The van der Waals surface area contributed by atoms with E-state index in [1.807, 2.05) is 0 Å². The molecule has 1 aromatic heterocycles. The number of benzene rings is 1. The Bertz CT molecular complexity index is 627. The molecule has 88 valence electrons. The Hall–Kier alpha value is -2.30. The van der Waals surface area contributed by atoms with Crippen molar-refractivity contribution in [2.75, 3.05) is 14.2 Å². The summed E-state index contributed by atoms with van der Waals surface area (Å²) in [5.41, 5.74) is -0.423. The van der Waals surface area contributed by atoms with Gasteiger partial charge in [-0.3, -0.25) is 4.79 Å². The lowest BCUT2D eigenvalue weighted by atomic mass is 10.1. The molecule has 2 rings (SSSR count). The molecule has 1 aromatic carbocycles. The molecule has 0 bridgehead atoms. The number of ether oxygens (including phenoxy) is 2. The maximum Gasteiger partial charge on any atom is 0.347 e. The minimum absolute atomic E-state index is 0.0344. The Kier molecular flexibility index (Phi) is 2.82. The second-order valence-electron chi connectivity index (χ2n) is 3.36. The summed E-state index contributed by atoms with van der Waals surface area (Å²) in [6.07, 6.45) is 0.456. The molecule has 0 N–H and O–H groups in total. The van der Waals surface area contributed by atoms with Gasteiger partial charge in [-0.05, 0) is 12.1 Å². The van der Waals surface area contributed by atoms with E-state index < -0.39 is 5.63 Å². The number of carbonyl (C=O) groups excluding carboxylic acids is 1. The van der Waals surface area contributed by atoms with Gasteiger partial charge in [0.25, 0.3) is 0 Å². The second-order valence-corrected chi connectivity index (χ2v) is 3.36. The van der Waals surface area contributed by atoms with Gasteiger partial charge in [-0.25, -0.2) is 4.79 Å². The number of hydrogen-bond acceptors (Lipinski definition) is 5. The van der Waals surface area contributed by atoms with Crippen LogP contribution in [-0.2, 0) is 0 Å². The van der Waals surface area contributed by atoms with Gasteiger partial charge < -0.3 is 13.9 Å². The molecule has 0 aliphatic rings. The van der Waals surface area contributed by atoms with Crippen molar-refractivity contribution in [2.24, 2.45) is 0 Å². The lowest BCUT2D eigenvalue weighted by Crippen LogP contribution is -2.06. The number of aldehydes is 1. The Morgan fingerprint density at radius 2 is 1.94 bits per heavy atom. The first kappa shape index (κ1) is 11.2. The predicted octanol–water partition coefficient (Wildman–Crippen LogP) is 1.62. The molecule has 0 atom stereocenters. The van der Waals surface area contributed by atoms with Crippen LogP contribution in [0, 0.1) is 0 Å². The SMILES string of the molecule is COc1cc(OC)c2oc(=O)c(C=O)cc2c1. The van der Waals surface area contributed by atoms with Crippen molar-refractivity contribution in [3.8, 4) is 11.5 Å². The Morgan fingerprint density at radius 3 is 2.53 bits per heavy atom. The van der Waals surface area contributed by atoms with Gasteiger partial charge in [-0.15, -0.1) is 0 Å². The second kappa shape index (κ2) is 4.29. The minimum atomic E-state index is -0.684. The van der Waals surface area contributed by atoms with E-state index in [2.05, 4.69) is 0 Å². The van der Waals surface area contributed by atoms with Gasteiger partial charge in [0.15, 0.2) is 17.6 Å². The average Bonchev–Trinajstić information content (AvgIpc) is 2.36. The molecule has 0 saturated carbocycles. The van der Waals surface area contributed by atoms with Crippen molar-refractivity contribution in [3.63, 3.8) is 0 Å². The van der Waals surface area contributed by atoms with E-state index in [1.165, 1.54) is 20.3 Å². The number of rotatable bonds is 3. The lowest BCUT2D eigenvalue weighted by molar-refractivity contribution is 0.112. The van der Waals surface area contributed by atoms with Gasteiger partial charge >= 0.3 is 5.63 Å². The average molecular weight is 234 g/mol. The van der Waals surface area contributed by atoms with Gasteiger partial charge in [0.2, 0.25) is 0 Å².